The first-order chi connectivity index (χ1) is 10.1. The van der Waals surface area contributed by atoms with Crippen LogP contribution >= 0.6 is 0 Å². The number of carbonyl (C=O) groups is 1. The van der Waals surface area contributed by atoms with Gasteiger partial charge in [0.2, 0.25) is 5.91 Å². The van der Waals surface area contributed by atoms with Gasteiger partial charge in [0, 0.05) is 19.3 Å². The molecule has 1 aliphatic rings. The van der Waals surface area contributed by atoms with E-state index in [9.17, 15) is 4.79 Å². The van der Waals surface area contributed by atoms with Crippen molar-refractivity contribution in [3.05, 3.63) is 12.4 Å². The number of nitrogens with one attached hydrogen (secondary N) is 2. The van der Waals surface area contributed by atoms with Crippen LogP contribution in [0.25, 0.3) is 0 Å². The molecule has 0 aliphatic carbocycles. The maximum atomic E-state index is 12.2. The lowest BCUT2D eigenvalue weighted by Crippen LogP contribution is -2.28. The SMILES string of the molecule is CCN(CC)CCn1cc(NC(=O)C2CNCC2C)cn1. The van der Waals surface area contributed by atoms with Crippen molar-refractivity contribution in [2.75, 3.05) is 38.0 Å². The summed E-state index contributed by atoms with van der Waals surface area (Å²) < 4.78 is 1.89. The van der Waals surface area contributed by atoms with Gasteiger partial charge in [0.15, 0.2) is 0 Å². The van der Waals surface area contributed by atoms with E-state index < -0.39 is 0 Å². The van der Waals surface area contributed by atoms with Gasteiger partial charge in [-0.15, -0.1) is 0 Å². The number of rotatable bonds is 7. The van der Waals surface area contributed by atoms with E-state index in [0.29, 0.717) is 5.92 Å². The molecule has 0 bridgehead atoms. The van der Waals surface area contributed by atoms with Gasteiger partial charge < -0.3 is 15.5 Å². The predicted molar refractivity (Wildman–Crippen MR) is 84.2 cm³/mol. The van der Waals surface area contributed by atoms with Gasteiger partial charge in [0.1, 0.15) is 0 Å². The minimum atomic E-state index is 0.0593. The van der Waals surface area contributed by atoms with Gasteiger partial charge in [-0.05, 0) is 25.6 Å². The van der Waals surface area contributed by atoms with E-state index in [1.54, 1.807) is 6.20 Å². The molecule has 6 nitrogen and oxygen atoms in total. The Labute approximate surface area is 126 Å². The number of carbonyl (C=O) groups excluding carboxylic acids is 1. The first-order valence-corrected chi connectivity index (χ1v) is 7.90. The molecule has 0 saturated carbocycles. The summed E-state index contributed by atoms with van der Waals surface area (Å²) in [7, 11) is 0. The lowest BCUT2D eigenvalue weighted by molar-refractivity contribution is -0.120. The van der Waals surface area contributed by atoms with Crippen molar-refractivity contribution in [3.8, 4) is 0 Å². The van der Waals surface area contributed by atoms with Crippen molar-refractivity contribution in [3.63, 3.8) is 0 Å². The zero-order valence-electron chi connectivity index (χ0n) is 13.3. The number of amides is 1. The zero-order valence-corrected chi connectivity index (χ0v) is 13.3. The van der Waals surface area contributed by atoms with E-state index in [1.807, 2.05) is 10.9 Å². The second-order valence-corrected chi connectivity index (χ2v) is 5.75. The topological polar surface area (TPSA) is 62.2 Å². The standard InChI is InChI=1S/C15H27N5O/c1-4-19(5-2)6-7-20-11-13(9-17-20)18-15(21)14-10-16-8-12(14)3/h9,11-12,14,16H,4-8,10H2,1-3H3,(H,18,21). The largest absolute Gasteiger partial charge is 0.323 e. The van der Waals surface area contributed by atoms with Crippen molar-refractivity contribution < 1.29 is 4.79 Å². The molecule has 118 valence electrons. The second-order valence-electron chi connectivity index (χ2n) is 5.75. The Hall–Kier alpha value is -1.40. The molecule has 1 aromatic heterocycles. The smallest absolute Gasteiger partial charge is 0.229 e. The van der Waals surface area contributed by atoms with Gasteiger partial charge in [-0.2, -0.15) is 5.10 Å². The van der Waals surface area contributed by atoms with Gasteiger partial charge >= 0.3 is 0 Å². The molecule has 2 unspecified atom stereocenters. The quantitative estimate of drug-likeness (QED) is 0.788. The van der Waals surface area contributed by atoms with Crippen LogP contribution in [-0.2, 0) is 11.3 Å². The van der Waals surface area contributed by atoms with Crippen LogP contribution in [-0.4, -0.2) is 53.3 Å². The lowest BCUT2D eigenvalue weighted by atomic mass is 9.97. The number of nitrogens with zero attached hydrogens (tertiary/aromatic N) is 3. The number of hydrogen-bond donors (Lipinski definition) is 2. The van der Waals surface area contributed by atoms with Crippen LogP contribution in [0.15, 0.2) is 12.4 Å². The summed E-state index contributed by atoms with van der Waals surface area (Å²) in [6.45, 7) is 12.0. The maximum Gasteiger partial charge on any atom is 0.229 e. The normalized spacial score (nSPS) is 21.9. The fraction of sp³-hybridized carbons (Fsp3) is 0.733. The molecule has 1 aromatic rings. The highest BCUT2D eigenvalue weighted by molar-refractivity contribution is 5.92. The average Bonchev–Trinajstić information content (AvgIpc) is 3.09. The molecule has 1 amide bonds. The minimum absolute atomic E-state index is 0.0593. The Bertz CT molecular complexity index is 455. The molecule has 2 atom stereocenters. The molecule has 1 aliphatic heterocycles. The Morgan fingerprint density at radius 3 is 2.86 bits per heavy atom. The highest BCUT2D eigenvalue weighted by Crippen LogP contribution is 2.18. The van der Waals surface area contributed by atoms with Crippen molar-refractivity contribution in [2.45, 2.75) is 27.3 Å². The van der Waals surface area contributed by atoms with Gasteiger partial charge in [-0.25, -0.2) is 0 Å². The van der Waals surface area contributed by atoms with Crippen LogP contribution < -0.4 is 10.6 Å². The van der Waals surface area contributed by atoms with Gasteiger partial charge in [-0.1, -0.05) is 20.8 Å². The van der Waals surface area contributed by atoms with E-state index in [0.717, 1.165) is 45.0 Å². The predicted octanol–water partition coefficient (Wildman–Crippen LogP) is 1.02. The maximum absolute atomic E-state index is 12.2. The Morgan fingerprint density at radius 2 is 2.24 bits per heavy atom. The summed E-state index contributed by atoms with van der Waals surface area (Å²) in [6, 6.07) is 0. The van der Waals surface area contributed by atoms with Crippen LogP contribution in [0.4, 0.5) is 5.69 Å². The summed E-state index contributed by atoms with van der Waals surface area (Å²) in [5.74, 6) is 0.544. The van der Waals surface area contributed by atoms with E-state index in [1.165, 1.54) is 0 Å². The molecule has 1 saturated heterocycles. The van der Waals surface area contributed by atoms with Crippen molar-refractivity contribution in [2.24, 2.45) is 11.8 Å². The molecule has 0 spiro atoms. The van der Waals surface area contributed by atoms with E-state index in [-0.39, 0.29) is 11.8 Å². The van der Waals surface area contributed by atoms with Crippen molar-refractivity contribution in [1.29, 1.82) is 0 Å². The Kier molecular flexibility index (Phi) is 5.76. The molecule has 2 heterocycles. The third kappa shape index (κ3) is 4.28. The molecule has 0 radical (unpaired) electrons. The Morgan fingerprint density at radius 1 is 1.48 bits per heavy atom. The third-order valence-electron chi connectivity index (χ3n) is 4.29. The summed E-state index contributed by atoms with van der Waals surface area (Å²) in [4.78, 5) is 14.5. The molecule has 2 rings (SSSR count). The molecular formula is C15H27N5O. The highest BCUT2D eigenvalue weighted by atomic mass is 16.2. The van der Waals surface area contributed by atoms with Crippen molar-refractivity contribution in [1.82, 2.24) is 20.0 Å². The molecular weight excluding hydrogens is 266 g/mol. The molecule has 1 fully saturated rings. The second kappa shape index (κ2) is 7.56. The lowest BCUT2D eigenvalue weighted by Gasteiger charge is -2.17. The summed E-state index contributed by atoms with van der Waals surface area (Å²) in [6.07, 6.45) is 3.64. The molecule has 6 heteroatoms. The minimum Gasteiger partial charge on any atom is -0.323 e. The summed E-state index contributed by atoms with van der Waals surface area (Å²) in [5, 5.41) is 10.5. The van der Waals surface area contributed by atoms with Crippen molar-refractivity contribution >= 4 is 11.6 Å². The number of aromatic nitrogens is 2. The fourth-order valence-corrected chi connectivity index (χ4v) is 2.73. The van der Waals surface area contributed by atoms with E-state index in [4.69, 9.17) is 0 Å². The molecule has 21 heavy (non-hydrogen) atoms. The summed E-state index contributed by atoms with van der Waals surface area (Å²) in [5.41, 5.74) is 0.790. The number of likely N-dealkylation sites (N-methyl/N-ethyl adjacent to an activating group) is 1. The summed E-state index contributed by atoms with van der Waals surface area (Å²) >= 11 is 0. The third-order valence-corrected chi connectivity index (χ3v) is 4.29. The Balaban J connectivity index is 1.84. The van der Waals surface area contributed by atoms with E-state index in [2.05, 4.69) is 41.4 Å². The van der Waals surface area contributed by atoms with Gasteiger partial charge in [0.05, 0.1) is 24.3 Å². The van der Waals surface area contributed by atoms with E-state index >= 15 is 0 Å². The fourth-order valence-electron chi connectivity index (χ4n) is 2.73. The molecule has 0 aromatic carbocycles. The van der Waals surface area contributed by atoms with Crippen LogP contribution in [0, 0.1) is 11.8 Å². The zero-order chi connectivity index (χ0) is 15.2. The van der Waals surface area contributed by atoms with Crippen LogP contribution in [0.5, 0.6) is 0 Å². The first kappa shape index (κ1) is 16.0. The van der Waals surface area contributed by atoms with Gasteiger partial charge in [0.25, 0.3) is 0 Å². The molecule has 2 N–H and O–H groups in total. The monoisotopic (exact) mass is 293 g/mol. The average molecular weight is 293 g/mol. The van der Waals surface area contributed by atoms with Gasteiger partial charge in [-0.3, -0.25) is 9.48 Å². The van der Waals surface area contributed by atoms with Crippen LogP contribution in [0.1, 0.15) is 20.8 Å². The van der Waals surface area contributed by atoms with Crippen LogP contribution in [0.3, 0.4) is 0 Å². The number of hydrogen-bond acceptors (Lipinski definition) is 4. The highest BCUT2D eigenvalue weighted by Gasteiger charge is 2.29. The van der Waals surface area contributed by atoms with Crippen LogP contribution in [0.2, 0.25) is 0 Å². The first-order valence-electron chi connectivity index (χ1n) is 7.90. The number of anilines is 1.